The lowest BCUT2D eigenvalue weighted by Gasteiger charge is -2.12. The molecule has 3 aromatic rings. The van der Waals surface area contributed by atoms with Gasteiger partial charge in [-0.15, -0.1) is 0 Å². The van der Waals surface area contributed by atoms with Gasteiger partial charge in [-0.25, -0.2) is 4.98 Å². The number of pyridine rings is 1. The number of nitrogens with one attached hydrogen (secondary N) is 1. The summed E-state index contributed by atoms with van der Waals surface area (Å²) in [6.45, 7) is 1.86. The summed E-state index contributed by atoms with van der Waals surface area (Å²) in [6.07, 6.45) is 3.23. The van der Waals surface area contributed by atoms with Crippen LogP contribution in [0.1, 0.15) is 5.56 Å². The molecule has 2 heterocycles. The van der Waals surface area contributed by atoms with Crippen LogP contribution in [0.2, 0.25) is 10.0 Å². The molecule has 0 bridgehead atoms. The Kier molecular flexibility index (Phi) is 4.54. The molecule has 5 nitrogen and oxygen atoms in total. The number of benzene rings is 1. The highest BCUT2D eigenvalue weighted by Crippen LogP contribution is 2.25. The third-order valence-corrected chi connectivity index (χ3v) is 5.19. The Hall–Kier alpha value is -2.02. The summed E-state index contributed by atoms with van der Waals surface area (Å²) in [4.78, 5) is 4.23. The molecule has 2 aromatic heterocycles. The Bertz CT molecular complexity index is 983. The summed E-state index contributed by atoms with van der Waals surface area (Å²) in [6, 6.07) is 11.2. The maximum atomic E-state index is 12.7. The zero-order valence-corrected chi connectivity index (χ0v) is 14.9. The summed E-state index contributed by atoms with van der Waals surface area (Å²) in [5.41, 5.74) is 1.30. The van der Waals surface area contributed by atoms with Gasteiger partial charge < -0.3 is 0 Å². The molecule has 0 saturated heterocycles. The van der Waals surface area contributed by atoms with Gasteiger partial charge in [0.1, 0.15) is 0 Å². The first-order valence-electron chi connectivity index (χ1n) is 6.95. The van der Waals surface area contributed by atoms with E-state index >= 15 is 0 Å². The fourth-order valence-electron chi connectivity index (χ4n) is 2.19. The first kappa shape index (κ1) is 16.8. The molecule has 0 radical (unpaired) electrons. The van der Waals surface area contributed by atoms with Crippen LogP contribution in [0.4, 0.5) is 5.69 Å². The van der Waals surface area contributed by atoms with E-state index in [0.29, 0.717) is 21.6 Å². The molecule has 0 fully saturated rings. The highest BCUT2D eigenvalue weighted by atomic mass is 35.5. The Morgan fingerprint density at radius 2 is 1.83 bits per heavy atom. The molecule has 0 amide bonds. The van der Waals surface area contributed by atoms with Crippen molar-refractivity contribution in [2.24, 2.45) is 0 Å². The molecule has 1 aromatic carbocycles. The van der Waals surface area contributed by atoms with E-state index in [-0.39, 0.29) is 5.03 Å². The van der Waals surface area contributed by atoms with Crippen LogP contribution in [0.25, 0.3) is 5.82 Å². The lowest BCUT2D eigenvalue weighted by Crippen LogP contribution is -2.17. The number of anilines is 1. The molecule has 0 spiro atoms. The fourth-order valence-corrected chi connectivity index (χ4v) is 3.84. The SMILES string of the molecule is Cc1cnc(-n2cccc2S(=O)(=O)Nc2ccc(Cl)cc2)c(Cl)c1. The minimum atomic E-state index is -3.82. The van der Waals surface area contributed by atoms with E-state index in [0.717, 1.165) is 5.56 Å². The van der Waals surface area contributed by atoms with E-state index in [2.05, 4.69) is 9.71 Å². The quantitative estimate of drug-likeness (QED) is 0.732. The molecule has 24 heavy (non-hydrogen) atoms. The van der Waals surface area contributed by atoms with Crippen molar-refractivity contribution in [1.29, 1.82) is 0 Å². The van der Waals surface area contributed by atoms with Crippen LogP contribution in [-0.2, 0) is 10.0 Å². The molecule has 1 N–H and O–H groups in total. The monoisotopic (exact) mass is 381 g/mol. The van der Waals surface area contributed by atoms with Crippen LogP contribution in [0.5, 0.6) is 0 Å². The van der Waals surface area contributed by atoms with Gasteiger partial charge in [0.25, 0.3) is 10.0 Å². The van der Waals surface area contributed by atoms with Crippen LogP contribution in [0.15, 0.2) is 59.9 Å². The average Bonchev–Trinajstić information content (AvgIpc) is 2.99. The smallest absolute Gasteiger partial charge is 0.277 e. The number of sulfonamides is 1. The average molecular weight is 382 g/mol. The lowest BCUT2D eigenvalue weighted by atomic mass is 10.3. The number of nitrogens with zero attached hydrogens (tertiary/aromatic N) is 2. The second kappa shape index (κ2) is 6.47. The van der Waals surface area contributed by atoms with Crippen molar-refractivity contribution in [3.63, 3.8) is 0 Å². The molecular formula is C16H13Cl2N3O2S. The number of aryl methyl sites for hydroxylation is 1. The van der Waals surface area contributed by atoms with Gasteiger partial charge in [0.15, 0.2) is 10.8 Å². The third kappa shape index (κ3) is 3.40. The van der Waals surface area contributed by atoms with Crippen molar-refractivity contribution in [2.45, 2.75) is 11.9 Å². The normalized spacial score (nSPS) is 11.5. The van der Waals surface area contributed by atoms with E-state index in [1.807, 2.05) is 6.92 Å². The van der Waals surface area contributed by atoms with Crippen molar-refractivity contribution in [2.75, 3.05) is 4.72 Å². The molecule has 8 heteroatoms. The number of hydrogen-bond donors (Lipinski definition) is 1. The Balaban J connectivity index is 2.01. The van der Waals surface area contributed by atoms with E-state index in [1.54, 1.807) is 48.8 Å². The minimum Gasteiger partial charge on any atom is -0.289 e. The van der Waals surface area contributed by atoms with Crippen LogP contribution in [-0.4, -0.2) is 18.0 Å². The Labute approximate surface area is 149 Å². The molecule has 0 atom stereocenters. The molecule has 124 valence electrons. The number of hydrogen-bond acceptors (Lipinski definition) is 3. The maximum Gasteiger partial charge on any atom is 0.277 e. The maximum absolute atomic E-state index is 12.7. The van der Waals surface area contributed by atoms with Crippen molar-refractivity contribution in [3.8, 4) is 5.82 Å². The first-order chi connectivity index (χ1) is 11.4. The van der Waals surface area contributed by atoms with E-state index in [1.165, 1.54) is 10.6 Å². The standard InChI is InChI=1S/C16H13Cl2N3O2S/c1-11-9-14(18)16(19-10-11)21-8-2-3-15(21)24(22,23)20-13-6-4-12(17)5-7-13/h2-10,20H,1H3. The van der Waals surface area contributed by atoms with Gasteiger partial charge in [-0.3, -0.25) is 9.29 Å². The summed E-state index contributed by atoms with van der Waals surface area (Å²) >= 11 is 12.0. The van der Waals surface area contributed by atoms with Crippen LogP contribution < -0.4 is 4.72 Å². The largest absolute Gasteiger partial charge is 0.289 e. The fraction of sp³-hybridized carbons (Fsp3) is 0.0625. The van der Waals surface area contributed by atoms with Gasteiger partial charge in [-0.1, -0.05) is 23.2 Å². The second-order valence-corrected chi connectivity index (χ2v) is 7.62. The predicted octanol–water partition coefficient (Wildman–Crippen LogP) is 4.29. The highest BCUT2D eigenvalue weighted by molar-refractivity contribution is 7.92. The van der Waals surface area contributed by atoms with Crippen LogP contribution in [0, 0.1) is 6.92 Å². The van der Waals surface area contributed by atoms with E-state index in [4.69, 9.17) is 23.2 Å². The van der Waals surface area contributed by atoms with Gasteiger partial charge in [-0.2, -0.15) is 8.42 Å². The van der Waals surface area contributed by atoms with E-state index in [9.17, 15) is 8.42 Å². The lowest BCUT2D eigenvalue weighted by molar-refractivity contribution is 0.594. The molecule has 3 rings (SSSR count). The molecule has 0 unspecified atom stereocenters. The van der Waals surface area contributed by atoms with Gasteiger partial charge in [0.2, 0.25) is 0 Å². The predicted molar refractivity (Wildman–Crippen MR) is 95.6 cm³/mol. The van der Waals surface area contributed by atoms with Gasteiger partial charge in [0, 0.05) is 23.1 Å². The van der Waals surface area contributed by atoms with Crippen molar-refractivity contribution >= 4 is 38.9 Å². The Morgan fingerprint density at radius 3 is 2.50 bits per heavy atom. The third-order valence-electron chi connectivity index (χ3n) is 3.27. The second-order valence-electron chi connectivity index (χ2n) is 5.15. The zero-order chi connectivity index (χ0) is 17.3. The van der Waals surface area contributed by atoms with Gasteiger partial charge in [0.05, 0.1) is 5.02 Å². The van der Waals surface area contributed by atoms with Crippen LogP contribution >= 0.6 is 23.2 Å². The topological polar surface area (TPSA) is 64.0 Å². The summed E-state index contributed by atoms with van der Waals surface area (Å²) < 4.78 is 29.3. The number of halogens is 2. The van der Waals surface area contributed by atoms with E-state index < -0.39 is 10.0 Å². The molecule has 0 aliphatic carbocycles. The van der Waals surface area contributed by atoms with Crippen LogP contribution in [0.3, 0.4) is 0 Å². The Morgan fingerprint density at radius 1 is 1.12 bits per heavy atom. The summed E-state index contributed by atoms with van der Waals surface area (Å²) in [5, 5.41) is 0.932. The van der Waals surface area contributed by atoms with Crippen molar-refractivity contribution in [3.05, 3.63) is 70.5 Å². The van der Waals surface area contributed by atoms with Crippen molar-refractivity contribution in [1.82, 2.24) is 9.55 Å². The van der Waals surface area contributed by atoms with Gasteiger partial charge in [-0.05, 0) is 55.0 Å². The van der Waals surface area contributed by atoms with Crippen molar-refractivity contribution < 1.29 is 8.42 Å². The minimum absolute atomic E-state index is 0.0377. The molecule has 0 aliphatic heterocycles. The molecule has 0 aliphatic rings. The first-order valence-corrected chi connectivity index (χ1v) is 9.19. The summed E-state index contributed by atoms with van der Waals surface area (Å²) in [5.74, 6) is 0.351. The molecule has 0 saturated carbocycles. The zero-order valence-electron chi connectivity index (χ0n) is 12.6. The number of aromatic nitrogens is 2. The summed E-state index contributed by atoms with van der Waals surface area (Å²) in [7, 11) is -3.82. The highest BCUT2D eigenvalue weighted by Gasteiger charge is 2.21. The molecular weight excluding hydrogens is 369 g/mol. The van der Waals surface area contributed by atoms with Gasteiger partial charge >= 0.3 is 0 Å². The number of rotatable bonds is 4.